The molecule has 1 N–H and O–H groups in total. The molecule has 13 heavy (non-hydrogen) atoms. The molecule has 2 heteroatoms. The molecule has 0 bridgehead atoms. The number of Topliss-reactive ketones (excluding diaryl/α,β-unsaturated/α-hetero) is 1. The van der Waals surface area contributed by atoms with Crippen LogP contribution in [0.2, 0.25) is 0 Å². The summed E-state index contributed by atoms with van der Waals surface area (Å²) in [6.45, 7) is 7.28. The van der Waals surface area contributed by atoms with Crippen LogP contribution in [0.5, 0.6) is 0 Å². The lowest BCUT2D eigenvalue weighted by atomic mass is 9.89. The van der Waals surface area contributed by atoms with Crippen molar-refractivity contribution in [3.05, 3.63) is 0 Å². The van der Waals surface area contributed by atoms with Gasteiger partial charge in [-0.15, -0.1) is 6.42 Å². The highest BCUT2D eigenvalue weighted by Gasteiger charge is 2.12. The van der Waals surface area contributed by atoms with Crippen LogP contribution in [-0.2, 0) is 4.79 Å². The number of terminal acetylenes is 1. The molecule has 0 saturated carbocycles. The molecule has 0 unspecified atom stereocenters. The number of carbonyl (C=O) groups is 1. The van der Waals surface area contributed by atoms with E-state index in [-0.39, 0.29) is 11.2 Å². The van der Waals surface area contributed by atoms with E-state index in [0.29, 0.717) is 19.5 Å². The van der Waals surface area contributed by atoms with Crippen LogP contribution in [0.3, 0.4) is 0 Å². The monoisotopic (exact) mass is 181 g/mol. The Kier molecular flexibility index (Phi) is 5.41. The van der Waals surface area contributed by atoms with Gasteiger partial charge in [-0.05, 0) is 11.8 Å². The predicted octanol–water partition coefficient (Wildman–Crippen LogP) is 1.60. The quantitative estimate of drug-likeness (QED) is 0.515. The van der Waals surface area contributed by atoms with Gasteiger partial charge in [-0.25, -0.2) is 0 Å². The molecule has 0 heterocycles. The van der Waals surface area contributed by atoms with Crippen LogP contribution in [0.15, 0.2) is 0 Å². The molecular formula is C11H19NO. The lowest BCUT2D eigenvalue weighted by Gasteiger charge is -2.16. The van der Waals surface area contributed by atoms with Gasteiger partial charge in [0, 0.05) is 6.42 Å². The molecular weight excluding hydrogens is 162 g/mol. The van der Waals surface area contributed by atoms with E-state index in [1.165, 1.54) is 0 Å². The molecule has 0 amide bonds. The Hall–Kier alpha value is -0.810. The van der Waals surface area contributed by atoms with Crippen LogP contribution < -0.4 is 5.32 Å². The van der Waals surface area contributed by atoms with E-state index in [4.69, 9.17) is 6.42 Å². The molecule has 0 rings (SSSR count). The van der Waals surface area contributed by atoms with E-state index in [9.17, 15) is 4.79 Å². The Labute approximate surface area is 81.1 Å². The maximum absolute atomic E-state index is 11.2. The van der Waals surface area contributed by atoms with Gasteiger partial charge in [0.15, 0.2) is 0 Å². The minimum absolute atomic E-state index is 0.238. The summed E-state index contributed by atoms with van der Waals surface area (Å²) in [5.74, 6) is 2.67. The summed E-state index contributed by atoms with van der Waals surface area (Å²) in [7, 11) is 0. The Morgan fingerprint density at radius 3 is 2.54 bits per heavy atom. The van der Waals surface area contributed by atoms with Gasteiger partial charge >= 0.3 is 0 Å². The Bertz CT molecular complexity index is 195. The van der Waals surface area contributed by atoms with Crippen molar-refractivity contribution in [1.29, 1.82) is 0 Å². The second kappa shape index (κ2) is 5.77. The second-order valence-corrected chi connectivity index (χ2v) is 4.41. The number of hydrogen-bond donors (Lipinski definition) is 1. The largest absolute Gasteiger partial charge is 0.299 e. The first-order valence-corrected chi connectivity index (χ1v) is 4.61. The molecule has 0 fully saturated rings. The SMILES string of the molecule is C#CCNCC(=O)CCC(C)(C)C. The number of nitrogens with one attached hydrogen (secondary N) is 1. The average Bonchev–Trinajstić information content (AvgIpc) is 2.00. The van der Waals surface area contributed by atoms with Gasteiger partial charge in [0.1, 0.15) is 5.78 Å². The summed E-state index contributed by atoms with van der Waals surface area (Å²) in [4.78, 5) is 11.2. The van der Waals surface area contributed by atoms with Crippen LogP contribution >= 0.6 is 0 Å². The van der Waals surface area contributed by atoms with Crippen LogP contribution in [-0.4, -0.2) is 18.9 Å². The zero-order valence-corrected chi connectivity index (χ0v) is 8.81. The molecule has 0 aromatic carbocycles. The molecule has 0 saturated heterocycles. The summed E-state index contributed by atoms with van der Waals surface area (Å²) < 4.78 is 0. The second-order valence-electron chi connectivity index (χ2n) is 4.41. The maximum atomic E-state index is 11.2. The molecule has 0 aliphatic carbocycles. The van der Waals surface area contributed by atoms with Gasteiger partial charge < -0.3 is 0 Å². The molecule has 0 aliphatic heterocycles. The molecule has 0 atom stereocenters. The molecule has 0 aromatic heterocycles. The first kappa shape index (κ1) is 12.2. The number of carbonyl (C=O) groups excluding carboxylic acids is 1. The van der Waals surface area contributed by atoms with Crippen molar-refractivity contribution in [3.8, 4) is 12.3 Å². The minimum Gasteiger partial charge on any atom is -0.299 e. The third kappa shape index (κ3) is 9.10. The predicted molar refractivity (Wildman–Crippen MR) is 55.4 cm³/mol. The average molecular weight is 181 g/mol. The first-order chi connectivity index (χ1) is 5.95. The topological polar surface area (TPSA) is 29.1 Å². The van der Waals surface area contributed by atoms with Crippen molar-refractivity contribution in [2.45, 2.75) is 33.6 Å². The van der Waals surface area contributed by atoms with Gasteiger partial charge in [-0.3, -0.25) is 10.1 Å². The zero-order chi connectivity index (χ0) is 10.3. The molecule has 2 nitrogen and oxygen atoms in total. The third-order valence-electron chi connectivity index (χ3n) is 1.70. The highest BCUT2D eigenvalue weighted by molar-refractivity contribution is 5.80. The van der Waals surface area contributed by atoms with E-state index in [1.54, 1.807) is 0 Å². The normalized spacial score (nSPS) is 10.9. The Morgan fingerprint density at radius 1 is 1.46 bits per heavy atom. The summed E-state index contributed by atoms with van der Waals surface area (Å²) in [5, 5.41) is 2.89. The molecule has 74 valence electrons. The van der Waals surface area contributed by atoms with Crippen LogP contribution in [0.4, 0.5) is 0 Å². The summed E-state index contributed by atoms with van der Waals surface area (Å²) in [6.07, 6.45) is 6.61. The fourth-order valence-electron chi connectivity index (χ4n) is 0.877. The van der Waals surface area contributed by atoms with E-state index in [0.717, 1.165) is 6.42 Å². The summed E-state index contributed by atoms with van der Waals surface area (Å²) in [5.41, 5.74) is 0.238. The Balaban J connectivity index is 3.48. The van der Waals surface area contributed by atoms with E-state index >= 15 is 0 Å². The van der Waals surface area contributed by atoms with Crippen molar-refractivity contribution >= 4 is 5.78 Å². The van der Waals surface area contributed by atoms with Crippen LogP contribution in [0.1, 0.15) is 33.6 Å². The molecule has 0 aliphatic rings. The van der Waals surface area contributed by atoms with Crippen LogP contribution in [0.25, 0.3) is 0 Å². The van der Waals surface area contributed by atoms with Crippen molar-refractivity contribution < 1.29 is 4.79 Å². The third-order valence-corrected chi connectivity index (χ3v) is 1.70. The number of ketones is 1. The minimum atomic E-state index is 0.238. The van der Waals surface area contributed by atoms with Gasteiger partial charge in [0.2, 0.25) is 0 Å². The fourth-order valence-corrected chi connectivity index (χ4v) is 0.877. The molecule has 0 spiro atoms. The zero-order valence-electron chi connectivity index (χ0n) is 8.81. The lowest BCUT2D eigenvalue weighted by Crippen LogP contribution is -2.24. The van der Waals surface area contributed by atoms with Gasteiger partial charge in [-0.1, -0.05) is 26.7 Å². The van der Waals surface area contributed by atoms with E-state index in [1.807, 2.05) is 0 Å². The fraction of sp³-hybridized carbons (Fsp3) is 0.727. The van der Waals surface area contributed by atoms with Crippen molar-refractivity contribution in [3.63, 3.8) is 0 Å². The standard InChI is InChI=1S/C11H19NO/c1-5-8-12-9-10(13)6-7-11(2,3)4/h1,12H,6-9H2,2-4H3. The van der Waals surface area contributed by atoms with Crippen LogP contribution in [0, 0.1) is 17.8 Å². The first-order valence-electron chi connectivity index (χ1n) is 4.61. The lowest BCUT2D eigenvalue weighted by molar-refractivity contribution is -0.118. The highest BCUT2D eigenvalue weighted by Crippen LogP contribution is 2.20. The van der Waals surface area contributed by atoms with Crippen molar-refractivity contribution in [2.24, 2.45) is 5.41 Å². The van der Waals surface area contributed by atoms with Crippen molar-refractivity contribution in [1.82, 2.24) is 5.32 Å². The summed E-state index contributed by atoms with van der Waals surface area (Å²) in [6, 6.07) is 0. The van der Waals surface area contributed by atoms with E-state index in [2.05, 4.69) is 32.0 Å². The van der Waals surface area contributed by atoms with E-state index < -0.39 is 0 Å². The number of rotatable bonds is 5. The Morgan fingerprint density at radius 2 is 2.08 bits per heavy atom. The van der Waals surface area contributed by atoms with Crippen molar-refractivity contribution in [2.75, 3.05) is 13.1 Å². The smallest absolute Gasteiger partial charge is 0.146 e. The summed E-state index contributed by atoms with van der Waals surface area (Å²) >= 11 is 0. The maximum Gasteiger partial charge on any atom is 0.146 e. The van der Waals surface area contributed by atoms with Gasteiger partial charge in [-0.2, -0.15) is 0 Å². The highest BCUT2D eigenvalue weighted by atomic mass is 16.1. The molecule has 0 aromatic rings. The van der Waals surface area contributed by atoms with Gasteiger partial charge in [0.05, 0.1) is 13.1 Å². The molecule has 0 radical (unpaired) electrons. The number of hydrogen-bond acceptors (Lipinski definition) is 2. The van der Waals surface area contributed by atoms with Gasteiger partial charge in [0.25, 0.3) is 0 Å².